The first-order valence-corrected chi connectivity index (χ1v) is 6.19. The van der Waals surface area contributed by atoms with Crippen LogP contribution in [0.4, 0.5) is 11.4 Å². The normalized spacial score (nSPS) is 11.2. The van der Waals surface area contributed by atoms with Gasteiger partial charge in [-0.1, -0.05) is 19.9 Å². The highest BCUT2D eigenvalue weighted by Gasteiger charge is 2.31. The van der Waals surface area contributed by atoms with E-state index in [-0.39, 0.29) is 11.4 Å². The van der Waals surface area contributed by atoms with E-state index in [0.717, 1.165) is 5.56 Å². The number of nitrogens with zero attached hydrogens (tertiary/aromatic N) is 1. The molecule has 1 rings (SSSR count). The number of amides is 1. The molecular weight excluding hydrogens is 246 g/mol. The Balaban J connectivity index is 3.06. The fourth-order valence-electron chi connectivity index (χ4n) is 1.72. The van der Waals surface area contributed by atoms with Gasteiger partial charge in [0.05, 0.1) is 10.5 Å². The molecule has 1 amide bonds. The van der Waals surface area contributed by atoms with Crippen molar-refractivity contribution < 1.29 is 9.72 Å². The quantitative estimate of drug-likeness (QED) is 0.630. The van der Waals surface area contributed by atoms with E-state index in [1.54, 1.807) is 13.0 Å². The van der Waals surface area contributed by atoms with Gasteiger partial charge in [0.1, 0.15) is 5.69 Å². The van der Waals surface area contributed by atoms with Crippen molar-refractivity contribution in [3.8, 4) is 0 Å². The molecule has 0 fully saturated rings. The first-order valence-electron chi connectivity index (χ1n) is 6.19. The number of nitrogens with one attached hydrogen (secondary N) is 1. The largest absolute Gasteiger partial charge is 0.319 e. The Morgan fingerprint density at radius 2 is 2.00 bits per heavy atom. The van der Waals surface area contributed by atoms with Crippen LogP contribution in [0.25, 0.3) is 0 Å². The zero-order chi connectivity index (χ0) is 14.6. The summed E-state index contributed by atoms with van der Waals surface area (Å²) in [5.74, 6) is -0.399. The predicted molar refractivity (Wildman–Crippen MR) is 74.0 cm³/mol. The molecule has 3 N–H and O–H groups in total. The van der Waals surface area contributed by atoms with Gasteiger partial charge in [0.2, 0.25) is 5.91 Å². The summed E-state index contributed by atoms with van der Waals surface area (Å²) in [6, 6.07) is 4.65. The molecule has 0 saturated carbocycles. The van der Waals surface area contributed by atoms with Crippen molar-refractivity contribution in [1.29, 1.82) is 0 Å². The Morgan fingerprint density at radius 3 is 2.47 bits per heavy atom. The highest BCUT2D eigenvalue weighted by atomic mass is 16.6. The standard InChI is InChI=1S/C13H19N3O3/c1-4-13(14,5-2)12(17)15-10-7-6-9(3)8-11(10)16(18)19/h6-8H,4-5,14H2,1-3H3,(H,15,17). The summed E-state index contributed by atoms with van der Waals surface area (Å²) in [4.78, 5) is 22.5. The minimum Gasteiger partial charge on any atom is -0.319 e. The van der Waals surface area contributed by atoms with Gasteiger partial charge in [0.25, 0.3) is 5.69 Å². The van der Waals surface area contributed by atoms with Gasteiger partial charge in [-0.3, -0.25) is 14.9 Å². The average Bonchev–Trinajstić information content (AvgIpc) is 2.39. The first-order chi connectivity index (χ1) is 8.84. The van der Waals surface area contributed by atoms with E-state index >= 15 is 0 Å². The predicted octanol–water partition coefficient (Wildman–Crippen LogP) is 2.36. The van der Waals surface area contributed by atoms with Crippen molar-refractivity contribution in [2.24, 2.45) is 5.73 Å². The molecule has 0 radical (unpaired) electrons. The molecule has 19 heavy (non-hydrogen) atoms. The highest BCUT2D eigenvalue weighted by Crippen LogP contribution is 2.26. The van der Waals surface area contributed by atoms with Gasteiger partial charge in [0.15, 0.2) is 0 Å². The summed E-state index contributed by atoms with van der Waals surface area (Å²) in [7, 11) is 0. The fourth-order valence-corrected chi connectivity index (χ4v) is 1.72. The molecule has 6 heteroatoms. The fraction of sp³-hybridized carbons (Fsp3) is 0.462. The summed E-state index contributed by atoms with van der Waals surface area (Å²) >= 11 is 0. The van der Waals surface area contributed by atoms with Crippen molar-refractivity contribution in [3.63, 3.8) is 0 Å². The third-order valence-corrected chi connectivity index (χ3v) is 3.31. The molecule has 0 unspecified atom stereocenters. The second-order valence-electron chi connectivity index (χ2n) is 4.60. The monoisotopic (exact) mass is 265 g/mol. The van der Waals surface area contributed by atoms with Crippen LogP contribution in [-0.2, 0) is 4.79 Å². The number of carbonyl (C=O) groups excluding carboxylic acids is 1. The Morgan fingerprint density at radius 1 is 1.42 bits per heavy atom. The van der Waals surface area contributed by atoms with E-state index in [1.807, 2.05) is 13.8 Å². The lowest BCUT2D eigenvalue weighted by atomic mass is 9.93. The van der Waals surface area contributed by atoms with Crippen molar-refractivity contribution in [2.75, 3.05) is 5.32 Å². The molecule has 0 aliphatic carbocycles. The number of hydrogen-bond acceptors (Lipinski definition) is 4. The van der Waals surface area contributed by atoms with E-state index in [0.29, 0.717) is 12.8 Å². The van der Waals surface area contributed by atoms with Gasteiger partial charge >= 0.3 is 0 Å². The second-order valence-corrected chi connectivity index (χ2v) is 4.60. The Kier molecular flexibility index (Phi) is 4.61. The lowest BCUT2D eigenvalue weighted by molar-refractivity contribution is -0.384. The number of aryl methyl sites for hydroxylation is 1. The molecule has 6 nitrogen and oxygen atoms in total. The van der Waals surface area contributed by atoms with Crippen molar-refractivity contribution in [1.82, 2.24) is 0 Å². The van der Waals surface area contributed by atoms with Crippen molar-refractivity contribution >= 4 is 17.3 Å². The number of nitro benzene ring substituents is 1. The van der Waals surface area contributed by atoms with E-state index in [9.17, 15) is 14.9 Å². The maximum absolute atomic E-state index is 12.1. The molecule has 0 bridgehead atoms. The lowest BCUT2D eigenvalue weighted by Crippen LogP contribution is -2.50. The number of rotatable bonds is 5. The third kappa shape index (κ3) is 3.29. The van der Waals surface area contributed by atoms with Crippen LogP contribution in [0.1, 0.15) is 32.3 Å². The molecule has 1 aromatic carbocycles. The lowest BCUT2D eigenvalue weighted by Gasteiger charge is -2.25. The topological polar surface area (TPSA) is 98.3 Å². The van der Waals surface area contributed by atoms with Crippen molar-refractivity contribution in [3.05, 3.63) is 33.9 Å². The van der Waals surface area contributed by atoms with Crippen LogP contribution in [0, 0.1) is 17.0 Å². The summed E-state index contributed by atoms with van der Waals surface area (Å²) in [5, 5.41) is 13.5. The molecule has 1 aromatic rings. The van der Waals surface area contributed by atoms with Crippen LogP contribution in [0.2, 0.25) is 0 Å². The minimum absolute atomic E-state index is 0.122. The maximum atomic E-state index is 12.1. The van der Waals surface area contributed by atoms with Gasteiger partial charge in [-0.15, -0.1) is 0 Å². The number of anilines is 1. The first kappa shape index (κ1) is 15.1. The van der Waals surface area contributed by atoms with Crippen LogP contribution >= 0.6 is 0 Å². The van der Waals surface area contributed by atoms with Crippen molar-refractivity contribution in [2.45, 2.75) is 39.2 Å². The highest BCUT2D eigenvalue weighted by molar-refractivity contribution is 5.99. The van der Waals surface area contributed by atoms with Crippen LogP contribution in [0.5, 0.6) is 0 Å². The van der Waals surface area contributed by atoms with E-state index in [2.05, 4.69) is 5.32 Å². The number of hydrogen-bond donors (Lipinski definition) is 2. The van der Waals surface area contributed by atoms with Crippen LogP contribution in [-0.4, -0.2) is 16.4 Å². The smallest absolute Gasteiger partial charge is 0.293 e. The van der Waals surface area contributed by atoms with Crippen LogP contribution in [0.3, 0.4) is 0 Å². The van der Waals surface area contributed by atoms with Gasteiger partial charge in [-0.25, -0.2) is 0 Å². The van der Waals surface area contributed by atoms with E-state index in [1.165, 1.54) is 12.1 Å². The molecule has 0 atom stereocenters. The number of benzene rings is 1. The van der Waals surface area contributed by atoms with Gasteiger partial charge in [-0.2, -0.15) is 0 Å². The zero-order valence-corrected chi connectivity index (χ0v) is 11.4. The molecule has 104 valence electrons. The maximum Gasteiger partial charge on any atom is 0.293 e. The number of carbonyl (C=O) groups is 1. The summed E-state index contributed by atoms with van der Waals surface area (Å²) in [6.45, 7) is 5.38. The minimum atomic E-state index is -1.00. The molecule has 0 aliphatic heterocycles. The number of nitro groups is 1. The SMILES string of the molecule is CCC(N)(CC)C(=O)Nc1ccc(C)cc1[N+](=O)[O-]. The average molecular weight is 265 g/mol. The summed E-state index contributed by atoms with van der Waals surface area (Å²) in [5.41, 5.74) is 5.78. The van der Waals surface area contributed by atoms with Gasteiger partial charge < -0.3 is 11.1 Å². The van der Waals surface area contributed by atoms with Crippen LogP contribution in [0.15, 0.2) is 18.2 Å². The van der Waals surface area contributed by atoms with E-state index < -0.39 is 16.4 Å². The number of nitrogens with two attached hydrogens (primary N) is 1. The molecule has 0 saturated heterocycles. The Labute approximate surface area is 112 Å². The molecule has 0 spiro atoms. The second kappa shape index (κ2) is 5.79. The van der Waals surface area contributed by atoms with E-state index in [4.69, 9.17) is 5.73 Å². The molecule has 0 heterocycles. The Hall–Kier alpha value is -1.95. The molecule has 0 aliphatic rings. The summed E-state index contributed by atoms with van der Waals surface area (Å²) in [6.07, 6.45) is 0.935. The van der Waals surface area contributed by atoms with Gasteiger partial charge in [-0.05, 0) is 31.4 Å². The van der Waals surface area contributed by atoms with Crippen LogP contribution < -0.4 is 11.1 Å². The van der Waals surface area contributed by atoms with Gasteiger partial charge in [0, 0.05) is 6.07 Å². The Bertz CT molecular complexity index is 496. The molecule has 0 aromatic heterocycles. The molecular formula is C13H19N3O3. The summed E-state index contributed by atoms with van der Waals surface area (Å²) < 4.78 is 0. The third-order valence-electron chi connectivity index (χ3n) is 3.31. The zero-order valence-electron chi connectivity index (χ0n) is 11.4.